The number of ether oxygens (including phenoxy) is 2. The van der Waals surface area contributed by atoms with Crippen LogP contribution in [0.3, 0.4) is 0 Å². The maximum absolute atomic E-state index is 13.0. The molecule has 0 aliphatic heterocycles. The molecule has 0 fully saturated rings. The summed E-state index contributed by atoms with van der Waals surface area (Å²) in [6.45, 7) is 0. The Morgan fingerprint density at radius 1 is 0.950 bits per heavy atom. The topological polar surface area (TPSA) is 35.5 Å². The van der Waals surface area contributed by atoms with Crippen molar-refractivity contribution in [3.63, 3.8) is 0 Å². The van der Waals surface area contributed by atoms with E-state index in [4.69, 9.17) is 9.47 Å². The van der Waals surface area contributed by atoms with Gasteiger partial charge >= 0.3 is 0 Å². The molecule has 0 aliphatic carbocycles. The van der Waals surface area contributed by atoms with Gasteiger partial charge in [0.1, 0.15) is 5.82 Å². The smallest absolute Gasteiger partial charge is 0.260 e. The Bertz CT molecular complexity index is 574. The van der Waals surface area contributed by atoms with Crippen LogP contribution in [0.1, 0.15) is 15.9 Å². The highest BCUT2D eigenvalue weighted by Crippen LogP contribution is 2.30. The van der Waals surface area contributed by atoms with E-state index >= 15 is 0 Å². The molecule has 0 aliphatic rings. The minimum Gasteiger partial charge on any atom is -0.343 e. The van der Waals surface area contributed by atoms with Gasteiger partial charge < -0.3 is 9.47 Å². The predicted octanol–water partition coefficient (Wildman–Crippen LogP) is 3.15. The first-order valence-corrected chi connectivity index (χ1v) is 6.10. The molecule has 0 amide bonds. The Kier molecular flexibility index (Phi) is 4.27. The fourth-order valence-corrected chi connectivity index (χ4v) is 2.08. The average Bonchev–Trinajstić information content (AvgIpc) is 2.51. The van der Waals surface area contributed by atoms with Gasteiger partial charge in [-0.3, -0.25) is 4.79 Å². The van der Waals surface area contributed by atoms with Crippen molar-refractivity contribution in [3.8, 4) is 0 Å². The average molecular weight is 274 g/mol. The number of carbonyl (C=O) groups is 1. The van der Waals surface area contributed by atoms with Crippen molar-refractivity contribution in [2.45, 2.75) is 5.79 Å². The van der Waals surface area contributed by atoms with Gasteiger partial charge in [-0.25, -0.2) is 4.39 Å². The third-order valence-electron chi connectivity index (χ3n) is 3.13. The van der Waals surface area contributed by atoms with Crippen LogP contribution in [0.15, 0.2) is 54.6 Å². The molecule has 2 aromatic carbocycles. The third-order valence-corrected chi connectivity index (χ3v) is 3.13. The zero-order valence-electron chi connectivity index (χ0n) is 11.3. The fraction of sp³-hybridized carbons (Fsp3) is 0.188. The highest BCUT2D eigenvalue weighted by atomic mass is 19.1. The lowest BCUT2D eigenvalue weighted by Gasteiger charge is -2.29. The van der Waals surface area contributed by atoms with Gasteiger partial charge in [-0.2, -0.15) is 0 Å². The highest BCUT2D eigenvalue weighted by molar-refractivity contribution is 6.02. The Morgan fingerprint density at radius 3 is 2.00 bits per heavy atom. The number of hydrogen-bond acceptors (Lipinski definition) is 3. The molecule has 3 nitrogen and oxygen atoms in total. The third kappa shape index (κ3) is 2.48. The number of hydrogen-bond donors (Lipinski definition) is 0. The molecule has 0 radical (unpaired) electrons. The van der Waals surface area contributed by atoms with Gasteiger partial charge in [-0.15, -0.1) is 0 Å². The van der Waals surface area contributed by atoms with Gasteiger partial charge in [-0.1, -0.05) is 30.3 Å². The fourth-order valence-electron chi connectivity index (χ4n) is 2.08. The zero-order valence-corrected chi connectivity index (χ0v) is 11.3. The molecule has 0 saturated carbocycles. The number of Topliss-reactive ketones (excluding diaryl/α,β-unsaturated/α-hetero) is 1. The van der Waals surface area contributed by atoms with Gasteiger partial charge in [-0.05, 0) is 24.3 Å². The summed E-state index contributed by atoms with van der Waals surface area (Å²) in [7, 11) is 2.80. The number of halogens is 1. The van der Waals surface area contributed by atoms with Gasteiger partial charge in [0, 0.05) is 25.3 Å². The Balaban J connectivity index is 2.48. The first-order chi connectivity index (χ1) is 9.64. The van der Waals surface area contributed by atoms with Crippen LogP contribution in [0.5, 0.6) is 0 Å². The summed E-state index contributed by atoms with van der Waals surface area (Å²) >= 11 is 0. The number of carbonyl (C=O) groups excluding carboxylic acids is 1. The van der Waals surface area contributed by atoms with Crippen molar-refractivity contribution in [3.05, 3.63) is 71.5 Å². The monoisotopic (exact) mass is 274 g/mol. The van der Waals surface area contributed by atoms with E-state index in [1.165, 1.54) is 38.5 Å². The van der Waals surface area contributed by atoms with Crippen LogP contribution < -0.4 is 0 Å². The van der Waals surface area contributed by atoms with Crippen LogP contribution in [0.25, 0.3) is 0 Å². The molecular weight excluding hydrogens is 259 g/mol. The lowest BCUT2D eigenvalue weighted by atomic mass is 9.96. The molecule has 0 atom stereocenters. The second-order valence-corrected chi connectivity index (χ2v) is 4.23. The molecule has 0 aromatic heterocycles. The van der Waals surface area contributed by atoms with Gasteiger partial charge in [0.15, 0.2) is 0 Å². The first-order valence-electron chi connectivity index (χ1n) is 6.10. The zero-order chi connectivity index (χ0) is 14.6. The molecule has 0 unspecified atom stereocenters. The van der Waals surface area contributed by atoms with Gasteiger partial charge in [0.2, 0.25) is 5.78 Å². The highest BCUT2D eigenvalue weighted by Gasteiger charge is 2.41. The predicted molar refractivity (Wildman–Crippen MR) is 72.9 cm³/mol. The normalized spacial score (nSPS) is 11.3. The van der Waals surface area contributed by atoms with Crippen LogP contribution in [0.4, 0.5) is 4.39 Å². The Hall–Kier alpha value is -2.04. The second-order valence-electron chi connectivity index (χ2n) is 4.23. The van der Waals surface area contributed by atoms with E-state index in [0.29, 0.717) is 11.1 Å². The molecule has 0 heterocycles. The van der Waals surface area contributed by atoms with E-state index in [-0.39, 0.29) is 5.78 Å². The lowest BCUT2D eigenvalue weighted by Crippen LogP contribution is -2.40. The SMILES string of the molecule is COC(OC)(C(=O)c1ccc(F)cc1)c1ccccc1. The Morgan fingerprint density at radius 2 is 1.50 bits per heavy atom. The summed E-state index contributed by atoms with van der Waals surface area (Å²) in [5, 5.41) is 0. The maximum atomic E-state index is 13.0. The summed E-state index contributed by atoms with van der Waals surface area (Å²) in [6.07, 6.45) is 0. The van der Waals surface area contributed by atoms with Crippen molar-refractivity contribution in [1.29, 1.82) is 0 Å². The van der Waals surface area contributed by atoms with Crippen LogP contribution >= 0.6 is 0 Å². The summed E-state index contributed by atoms with van der Waals surface area (Å²) in [5.74, 6) is -2.31. The summed E-state index contributed by atoms with van der Waals surface area (Å²) < 4.78 is 23.7. The maximum Gasteiger partial charge on any atom is 0.260 e. The minimum atomic E-state index is -1.53. The van der Waals surface area contributed by atoms with Crippen LogP contribution in [0.2, 0.25) is 0 Å². The molecule has 0 N–H and O–H groups in total. The lowest BCUT2D eigenvalue weighted by molar-refractivity contribution is -0.176. The van der Waals surface area contributed by atoms with E-state index in [1.54, 1.807) is 24.3 Å². The summed E-state index contributed by atoms with van der Waals surface area (Å²) in [4.78, 5) is 12.7. The van der Waals surface area contributed by atoms with Crippen LogP contribution in [-0.4, -0.2) is 20.0 Å². The number of ketones is 1. The van der Waals surface area contributed by atoms with Crippen molar-refractivity contribution >= 4 is 5.78 Å². The molecule has 20 heavy (non-hydrogen) atoms. The van der Waals surface area contributed by atoms with Crippen LogP contribution in [-0.2, 0) is 15.3 Å². The van der Waals surface area contributed by atoms with E-state index in [1.807, 2.05) is 6.07 Å². The minimum absolute atomic E-state index is 0.318. The molecule has 2 rings (SSSR count). The molecule has 0 bridgehead atoms. The van der Waals surface area contributed by atoms with Gasteiger partial charge in [0.05, 0.1) is 0 Å². The standard InChI is InChI=1S/C16H15FO3/c1-19-16(20-2,13-6-4-3-5-7-13)15(18)12-8-10-14(17)11-9-12/h3-11H,1-2H3. The first kappa shape index (κ1) is 14.4. The van der Waals surface area contributed by atoms with Gasteiger partial charge in [0.25, 0.3) is 5.79 Å². The molecule has 2 aromatic rings. The Labute approximate surface area is 117 Å². The molecule has 4 heteroatoms. The van der Waals surface area contributed by atoms with E-state index in [9.17, 15) is 9.18 Å². The summed E-state index contributed by atoms with van der Waals surface area (Å²) in [5.41, 5.74) is 0.901. The quantitative estimate of drug-likeness (QED) is 0.620. The van der Waals surface area contributed by atoms with Crippen molar-refractivity contribution < 1.29 is 18.7 Å². The molecule has 0 saturated heterocycles. The number of rotatable bonds is 5. The number of benzene rings is 2. The van der Waals surface area contributed by atoms with E-state index in [2.05, 4.69) is 0 Å². The van der Waals surface area contributed by atoms with Crippen molar-refractivity contribution in [2.75, 3.05) is 14.2 Å². The van der Waals surface area contributed by atoms with Crippen LogP contribution in [0, 0.1) is 5.82 Å². The van der Waals surface area contributed by atoms with E-state index in [0.717, 1.165) is 0 Å². The largest absolute Gasteiger partial charge is 0.343 e. The second kappa shape index (κ2) is 5.94. The summed E-state index contributed by atoms with van der Waals surface area (Å²) in [6, 6.07) is 14.2. The molecule has 0 spiro atoms. The molecule has 104 valence electrons. The number of methoxy groups -OCH3 is 2. The molecular formula is C16H15FO3. The van der Waals surface area contributed by atoms with Crippen molar-refractivity contribution in [2.24, 2.45) is 0 Å². The van der Waals surface area contributed by atoms with Crippen molar-refractivity contribution in [1.82, 2.24) is 0 Å². The van der Waals surface area contributed by atoms with E-state index < -0.39 is 11.6 Å².